The zero-order chi connectivity index (χ0) is 21.9. The third-order valence-corrected chi connectivity index (χ3v) is 7.74. The monoisotopic (exact) mass is 464 g/mol. The van der Waals surface area contributed by atoms with Crippen molar-refractivity contribution in [1.29, 1.82) is 0 Å². The molecular weight excluding hydrogens is 438 g/mol. The van der Waals surface area contributed by atoms with E-state index in [0.717, 1.165) is 37.6 Å². The van der Waals surface area contributed by atoms with Gasteiger partial charge in [-0.1, -0.05) is 59.8 Å². The molecule has 2 aliphatic rings. The lowest BCUT2D eigenvalue weighted by molar-refractivity contribution is -0.892. The zero-order valence-corrected chi connectivity index (χ0v) is 19.5. The molecule has 1 fully saturated rings. The Labute approximate surface area is 198 Å². The zero-order valence-electron chi connectivity index (χ0n) is 17.9. The number of halogens is 1. The first-order valence-electron chi connectivity index (χ1n) is 11.1. The minimum Gasteiger partial charge on any atom is -0.360 e. The summed E-state index contributed by atoms with van der Waals surface area (Å²) in [5, 5.41) is 4.07. The van der Waals surface area contributed by atoms with Crippen molar-refractivity contribution in [3.63, 3.8) is 0 Å². The van der Waals surface area contributed by atoms with E-state index >= 15 is 0 Å². The summed E-state index contributed by atoms with van der Waals surface area (Å²) in [6.07, 6.45) is 0.753. The number of piperazine rings is 1. The van der Waals surface area contributed by atoms with Crippen LogP contribution in [0.2, 0.25) is 5.02 Å². The summed E-state index contributed by atoms with van der Waals surface area (Å²) in [4.78, 5) is 19.2. The highest BCUT2D eigenvalue weighted by molar-refractivity contribution is 7.99. The number of rotatable bonds is 4. The number of nitrogens with zero attached hydrogens (tertiary/aromatic N) is 1. The van der Waals surface area contributed by atoms with E-state index in [0.29, 0.717) is 6.54 Å². The van der Waals surface area contributed by atoms with Crippen LogP contribution in [-0.2, 0) is 11.2 Å². The number of hydrogen-bond donors (Lipinski definition) is 2. The largest absolute Gasteiger partial charge is 0.360 e. The van der Waals surface area contributed by atoms with Crippen molar-refractivity contribution in [2.24, 2.45) is 0 Å². The number of carbonyl (C=O) groups excluding carboxylic acids is 1. The molecule has 0 spiro atoms. The van der Waals surface area contributed by atoms with Crippen LogP contribution in [0.25, 0.3) is 0 Å². The highest BCUT2D eigenvalue weighted by Crippen LogP contribution is 2.41. The Morgan fingerprint density at radius 2 is 1.75 bits per heavy atom. The van der Waals surface area contributed by atoms with Crippen LogP contribution in [-0.4, -0.2) is 38.6 Å². The normalized spacial score (nSPS) is 18.4. The Morgan fingerprint density at radius 3 is 2.56 bits per heavy atom. The second-order valence-electron chi connectivity index (χ2n) is 8.47. The molecule has 4 nitrogen and oxygen atoms in total. The third kappa shape index (κ3) is 4.80. The van der Waals surface area contributed by atoms with E-state index in [1.807, 2.05) is 18.2 Å². The number of fused-ring (bicyclic) bond motifs is 2. The van der Waals surface area contributed by atoms with Gasteiger partial charge in [0, 0.05) is 20.5 Å². The molecule has 164 valence electrons. The number of nitrogens with one attached hydrogen (secondary N) is 2. The van der Waals surface area contributed by atoms with E-state index in [4.69, 9.17) is 11.6 Å². The molecule has 0 aliphatic carbocycles. The fourth-order valence-corrected chi connectivity index (χ4v) is 5.93. The topological polar surface area (TPSA) is 36.8 Å². The van der Waals surface area contributed by atoms with Crippen LogP contribution in [0, 0.1) is 0 Å². The van der Waals surface area contributed by atoms with Crippen LogP contribution in [0.1, 0.15) is 17.2 Å². The smallest absolute Gasteiger partial charge is 0.275 e. The van der Waals surface area contributed by atoms with Crippen molar-refractivity contribution in [1.82, 2.24) is 5.32 Å². The van der Waals surface area contributed by atoms with Gasteiger partial charge < -0.3 is 15.1 Å². The average molecular weight is 465 g/mol. The van der Waals surface area contributed by atoms with Crippen molar-refractivity contribution >= 4 is 35.0 Å². The van der Waals surface area contributed by atoms with E-state index in [9.17, 15) is 4.79 Å². The van der Waals surface area contributed by atoms with E-state index in [1.165, 1.54) is 31.5 Å². The molecule has 2 aliphatic heterocycles. The molecule has 2 N–H and O–H groups in total. The number of quaternary nitrogens is 1. The SMILES string of the molecule is O=C(C[NH+]1CCN(c2ccccc2)CC1)N[C@@H]1Cc2cc(Cl)ccc2Sc2ccccc21. The van der Waals surface area contributed by atoms with Gasteiger partial charge in [0.25, 0.3) is 5.91 Å². The van der Waals surface area contributed by atoms with Crippen molar-refractivity contribution < 1.29 is 9.69 Å². The van der Waals surface area contributed by atoms with Gasteiger partial charge in [-0.05, 0) is 53.9 Å². The van der Waals surface area contributed by atoms with Crippen LogP contribution in [0.5, 0.6) is 0 Å². The summed E-state index contributed by atoms with van der Waals surface area (Å²) in [7, 11) is 0. The van der Waals surface area contributed by atoms with Gasteiger partial charge >= 0.3 is 0 Å². The van der Waals surface area contributed by atoms with E-state index in [-0.39, 0.29) is 11.9 Å². The first-order valence-corrected chi connectivity index (χ1v) is 12.3. The number of amides is 1. The molecule has 0 bridgehead atoms. The molecular formula is C26H27ClN3OS+. The third-order valence-electron chi connectivity index (χ3n) is 6.30. The van der Waals surface area contributed by atoms with Gasteiger partial charge in [-0.3, -0.25) is 4.79 Å². The molecule has 1 amide bonds. The Bertz CT molecular complexity index is 1100. The molecule has 0 unspecified atom stereocenters. The molecule has 1 saturated heterocycles. The van der Waals surface area contributed by atoms with Crippen molar-refractivity contribution in [2.45, 2.75) is 22.3 Å². The molecule has 6 heteroatoms. The molecule has 0 aromatic heterocycles. The van der Waals surface area contributed by atoms with Crippen molar-refractivity contribution in [2.75, 3.05) is 37.6 Å². The molecule has 3 aromatic carbocycles. The van der Waals surface area contributed by atoms with Gasteiger partial charge in [0.2, 0.25) is 0 Å². The van der Waals surface area contributed by atoms with E-state index in [2.05, 4.69) is 64.8 Å². The van der Waals surface area contributed by atoms with Gasteiger partial charge in [0.05, 0.1) is 32.2 Å². The number of benzene rings is 3. The molecule has 5 rings (SSSR count). The molecule has 2 heterocycles. The first-order chi connectivity index (χ1) is 15.7. The first kappa shape index (κ1) is 21.4. The summed E-state index contributed by atoms with van der Waals surface area (Å²) in [5.41, 5.74) is 3.63. The van der Waals surface area contributed by atoms with Gasteiger partial charge in [-0.25, -0.2) is 0 Å². The minimum absolute atomic E-state index is 0.0454. The van der Waals surface area contributed by atoms with Gasteiger partial charge in [0.1, 0.15) is 0 Å². The molecule has 3 aromatic rings. The van der Waals surface area contributed by atoms with Crippen molar-refractivity contribution in [3.05, 3.63) is 88.9 Å². The quantitative estimate of drug-likeness (QED) is 0.619. The number of carbonyl (C=O) groups is 1. The van der Waals surface area contributed by atoms with Crippen LogP contribution < -0.4 is 15.1 Å². The number of anilines is 1. The average Bonchev–Trinajstić information content (AvgIpc) is 2.96. The van der Waals surface area contributed by atoms with Crippen LogP contribution in [0.3, 0.4) is 0 Å². The fourth-order valence-electron chi connectivity index (χ4n) is 4.61. The maximum absolute atomic E-state index is 13.1. The summed E-state index contributed by atoms with van der Waals surface area (Å²) in [6.45, 7) is 4.40. The Balaban J connectivity index is 1.25. The summed E-state index contributed by atoms with van der Waals surface area (Å²) >= 11 is 8.03. The molecule has 32 heavy (non-hydrogen) atoms. The van der Waals surface area contributed by atoms with Crippen LogP contribution in [0.15, 0.2) is 82.6 Å². The van der Waals surface area contributed by atoms with Gasteiger partial charge in [0.15, 0.2) is 6.54 Å². The summed E-state index contributed by atoms with van der Waals surface area (Å²) in [5.74, 6) is 0.114. The lowest BCUT2D eigenvalue weighted by atomic mass is 9.99. The standard InChI is InChI=1S/C26H26ClN3OS/c27-20-10-11-24-19(16-20)17-23(22-8-4-5-9-25(22)32-24)28-26(31)18-29-12-14-30(15-13-29)21-6-2-1-3-7-21/h1-11,16,23H,12-15,17-18H2,(H,28,31)/p+1/t23-/m1/s1. The Hall–Kier alpha value is -2.47. The molecule has 0 radical (unpaired) electrons. The summed E-state index contributed by atoms with van der Waals surface area (Å²) in [6, 6.07) is 24.9. The van der Waals surface area contributed by atoms with E-state index in [1.54, 1.807) is 11.8 Å². The number of hydrogen-bond acceptors (Lipinski definition) is 3. The second-order valence-corrected chi connectivity index (χ2v) is 9.99. The summed E-state index contributed by atoms with van der Waals surface area (Å²) < 4.78 is 0. The highest BCUT2D eigenvalue weighted by atomic mass is 35.5. The maximum atomic E-state index is 13.1. The Morgan fingerprint density at radius 1 is 1.00 bits per heavy atom. The predicted molar refractivity (Wildman–Crippen MR) is 131 cm³/mol. The lowest BCUT2D eigenvalue weighted by Crippen LogP contribution is -3.16. The van der Waals surface area contributed by atoms with Gasteiger partial charge in [-0.2, -0.15) is 0 Å². The number of para-hydroxylation sites is 1. The van der Waals surface area contributed by atoms with Crippen molar-refractivity contribution in [3.8, 4) is 0 Å². The minimum atomic E-state index is -0.0454. The molecule has 0 saturated carbocycles. The lowest BCUT2D eigenvalue weighted by Gasteiger charge is -2.33. The predicted octanol–water partition coefficient (Wildman–Crippen LogP) is 3.61. The fraction of sp³-hybridized carbons (Fsp3) is 0.269. The molecule has 1 atom stereocenters. The maximum Gasteiger partial charge on any atom is 0.275 e. The van der Waals surface area contributed by atoms with Crippen LogP contribution >= 0.6 is 23.4 Å². The Kier molecular flexibility index (Phi) is 6.39. The van der Waals surface area contributed by atoms with Crippen LogP contribution in [0.4, 0.5) is 5.69 Å². The van der Waals surface area contributed by atoms with E-state index < -0.39 is 0 Å². The highest BCUT2D eigenvalue weighted by Gasteiger charge is 2.27. The van der Waals surface area contributed by atoms with Gasteiger partial charge in [-0.15, -0.1) is 0 Å². The second kappa shape index (κ2) is 9.57.